The lowest BCUT2D eigenvalue weighted by Crippen LogP contribution is -2.45. The maximum Gasteiger partial charge on any atom is 0.129 e. The van der Waals surface area contributed by atoms with E-state index in [2.05, 4.69) is 11.0 Å². The molecule has 0 aromatic heterocycles. The summed E-state index contributed by atoms with van der Waals surface area (Å²) < 4.78 is 26.5. The van der Waals surface area contributed by atoms with Crippen LogP contribution in [0.5, 0.6) is 0 Å². The van der Waals surface area contributed by atoms with Crippen molar-refractivity contribution in [1.82, 2.24) is 4.90 Å². The van der Waals surface area contributed by atoms with Crippen molar-refractivity contribution < 1.29 is 8.78 Å². The molecule has 1 aromatic rings. The summed E-state index contributed by atoms with van der Waals surface area (Å²) in [7, 11) is 0. The van der Waals surface area contributed by atoms with Crippen molar-refractivity contribution >= 4 is 0 Å². The van der Waals surface area contributed by atoms with E-state index in [9.17, 15) is 14.0 Å². The van der Waals surface area contributed by atoms with Gasteiger partial charge in [0.05, 0.1) is 6.07 Å². The Hall–Kier alpha value is -1.47. The Morgan fingerprint density at radius 2 is 2.00 bits per heavy atom. The molecule has 0 amide bonds. The molecule has 1 unspecified atom stereocenters. The Morgan fingerprint density at radius 1 is 1.33 bits per heavy atom. The van der Waals surface area contributed by atoms with Gasteiger partial charge in [0.1, 0.15) is 17.2 Å². The predicted octanol–water partition coefficient (Wildman–Crippen LogP) is 2.89. The van der Waals surface area contributed by atoms with Crippen LogP contribution in [0, 0.1) is 23.0 Å². The highest BCUT2D eigenvalue weighted by atomic mass is 19.1. The topological polar surface area (TPSA) is 27.0 Å². The molecule has 1 aromatic carbocycles. The lowest BCUT2D eigenvalue weighted by Gasteiger charge is -2.32. The molecule has 1 saturated heterocycles. The molecule has 4 heteroatoms. The van der Waals surface area contributed by atoms with E-state index < -0.39 is 17.2 Å². The minimum absolute atomic E-state index is 0.287. The van der Waals surface area contributed by atoms with E-state index in [0.29, 0.717) is 5.56 Å². The van der Waals surface area contributed by atoms with Gasteiger partial charge in [-0.25, -0.2) is 8.78 Å². The van der Waals surface area contributed by atoms with Crippen molar-refractivity contribution in [2.75, 3.05) is 13.1 Å². The number of halogens is 2. The maximum absolute atomic E-state index is 13.6. The van der Waals surface area contributed by atoms with Crippen LogP contribution in [0.4, 0.5) is 8.78 Å². The first kappa shape index (κ1) is 13.0. The van der Waals surface area contributed by atoms with Crippen LogP contribution in [0.15, 0.2) is 18.2 Å². The first-order valence-corrected chi connectivity index (χ1v) is 6.15. The van der Waals surface area contributed by atoms with E-state index in [1.807, 2.05) is 6.92 Å². The highest BCUT2D eigenvalue weighted by Gasteiger charge is 2.34. The normalized spacial score (nSPS) is 19.4. The third-order valence-electron chi connectivity index (χ3n) is 3.59. The Morgan fingerprint density at radius 3 is 2.56 bits per heavy atom. The average Bonchev–Trinajstić information content (AvgIpc) is 2.87. The second kappa shape index (κ2) is 5.03. The van der Waals surface area contributed by atoms with Gasteiger partial charge in [0.2, 0.25) is 0 Å². The summed E-state index contributed by atoms with van der Waals surface area (Å²) in [5.41, 5.74) is -0.317. The number of benzene rings is 1. The molecule has 1 aliphatic heterocycles. The molecular formula is C14H16F2N2. The fourth-order valence-corrected chi connectivity index (χ4v) is 2.47. The molecule has 0 aliphatic carbocycles. The fraction of sp³-hybridized carbons (Fsp3) is 0.500. The van der Waals surface area contributed by atoms with Gasteiger partial charge in [-0.15, -0.1) is 0 Å². The SMILES string of the molecule is CC(C#N)(Cc1ccc(F)cc1F)N1CCCC1. The van der Waals surface area contributed by atoms with E-state index in [-0.39, 0.29) is 6.42 Å². The summed E-state index contributed by atoms with van der Waals surface area (Å²) >= 11 is 0. The Kier molecular flexibility index (Phi) is 3.63. The van der Waals surface area contributed by atoms with Gasteiger partial charge in [-0.2, -0.15) is 5.26 Å². The highest BCUT2D eigenvalue weighted by Crippen LogP contribution is 2.26. The van der Waals surface area contributed by atoms with Crippen LogP contribution in [0.1, 0.15) is 25.3 Å². The molecule has 1 aliphatic rings. The van der Waals surface area contributed by atoms with Crippen molar-refractivity contribution in [3.05, 3.63) is 35.4 Å². The minimum atomic E-state index is -0.713. The molecule has 96 valence electrons. The fourth-order valence-electron chi connectivity index (χ4n) is 2.47. The Labute approximate surface area is 106 Å². The number of hydrogen-bond donors (Lipinski definition) is 0. The molecule has 1 fully saturated rings. The van der Waals surface area contributed by atoms with Gasteiger partial charge in [-0.1, -0.05) is 6.07 Å². The number of nitrogens with zero attached hydrogens (tertiary/aromatic N) is 2. The molecular weight excluding hydrogens is 234 g/mol. The van der Waals surface area contributed by atoms with Gasteiger partial charge in [-0.05, 0) is 44.5 Å². The van der Waals surface area contributed by atoms with Gasteiger partial charge < -0.3 is 0 Å². The molecule has 1 heterocycles. The van der Waals surface area contributed by atoms with Gasteiger partial charge in [0.15, 0.2) is 0 Å². The van der Waals surface area contributed by atoms with Gasteiger partial charge in [0.25, 0.3) is 0 Å². The summed E-state index contributed by atoms with van der Waals surface area (Å²) in [6, 6.07) is 5.81. The third kappa shape index (κ3) is 2.51. The van der Waals surface area contributed by atoms with Gasteiger partial charge >= 0.3 is 0 Å². The van der Waals surface area contributed by atoms with E-state index in [1.165, 1.54) is 12.1 Å². The van der Waals surface area contributed by atoms with Crippen LogP contribution in [0.25, 0.3) is 0 Å². The molecule has 0 bridgehead atoms. The lowest BCUT2D eigenvalue weighted by atomic mass is 9.92. The Balaban J connectivity index is 2.22. The van der Waals surface area contributed by atoms with E-state index in [0.717, 1.165) is 32.0 Å². The maximum atomic E-state index is 13.6. The van der Waals surface area contributed by atoms with E-state index >= 15 is 0 Å². The Bertz CT molecular complexity index is 475. The molecule has 0 saturated carbocycles. The zero-order valence-electron chi connectivity index (χ0n) is 10.4. The van der Waals surface area contributed by atoms with Crippen LogP contribution in [-0.4, -0.2) is 23.5 Å². The monoisotopic (exact) mass is 250 g/mol. The lowest BCUT2D eigenvalue weighted by molar-refractivity contribution is 0.190. The van der Waals surface area contributed by atoms with Crippen LogP contribution < -0.4 is 0 Å². The van der Waals surface area contributed by atoms with Crippen molar-refractivity contribution in [1.29, 1.82) is 5.26 Å². The number of nitriles is 1. The molecule has 18 heavy (non-hydrogen) atoms. The highest BCUT2D eigenvalue weighted by molar-refractivity contribution is 5.24. The summed E-state index contributed by atoms with van der Waals surface area (Å²) in [4.78, 5) is 2.08. The number of rotatable bonds is 3. The van der Waals surface area contributed by atoms with Crippen LogP contribution >= 0.6 is 0 Å². The van der Waals surface area contributed by atoms with Gasteiger partial charge in [0, 0.05) is 12.5 Å². The molecule has 2 nitrogen and oxygen atoms in total. The van der Waals surface area contributed by atoms with Crippen molar-refractivity contribution in [3.8, 4) is 6.07 Å². The first-order chi connectivity index (χ1) is 8.55. The largest absolute Gasteiger partial charge is 0.285 e. The summed E-state index contributed by atoms with van der Waals surface area (Å²) in [5, 5.41) is 9.36. The van der Waals surface area contributed by atoms with E-state index in [1.54, 1.807) is 0 Å². The van der Waals surface area contributed by atoms with Crippen LogP contribution in [-0.2, 0) is 6.42 Å². The average molecular weight is 250 g/mol. The van der Waals surface area contributed by atoms with Crippen LogP contribution in [0.3, 0.4) is 0 Å². The summed E-state index contributed by atoms with van der Waals surface area (Å²) in [5.74, 6) is -1.16. The smallest absolute Gasteiger partial charge is 0.129 e. The molecule has 0 radical (unpaired) electrons. The first-order valence-electron chi connectivity index (χ1n) is 6.15. The molecule has 2 rings (SSSR count). The quantitative estimate of drug-likeness (QED) is 0.824. The van der Waals surface area contributed by atoms with Crippen molar-refractivity contribution in [3.63, 3.8) is 0 Å². The van der Waals surface area contributed by atoms with Crippen LogP contribution in [0.2, 0.25) is 0 Å². The minimum Gasteiger partial charge on any atom is -0.285 e. The standard InChI is InChI=1S/C14H16F2N2/c1-14(10-17,18-6-2-3-7-18)9-11-4-5-12(15)8-13(11)16/h4-5,8H,2-3,6-7,9H2,1H3. The predicted molar refractivity (Wildman–Crippen MR) is 64.9 cm³/mol. The summed E-state index contributed by atoms with van der Waals surface area (Å²) in [6.07, 6.45) is 2.43. The number of hydrogen-bond acceptors (Lipinski definition) is 2. The molecule has 0 N–H and O–H groups in total. The van der Waals surface area contributed by atoms with E-state index in [4.69, 9.17) is 0 Å². The third-order valence-corrected chi connectivity index (χ3v) is 3.59. The van der Waals surface area contributed by atoms with Crippen molar-refractivity contribution in [2.45, 2.75) is 31.7 Å². The summed E-state index contributed by atoms with van der Waals surface area (Å²) in [6.45, 7) is 3.56. The van der Waals surface area contributed by atoms with Crippen molar-refractivity contribution in [2.24, 2.45) is 0 Å². The number of likely N-dealkylation sites (tertiary alicyclic amines) is 1. The molecule has 1 atom stereocenters. The zero-order valence-corrected chi connectivity index (χ0v) is 10.4. The second-order valence-electron chi connectivity index (χ2n) is 4.99. The van der Waals surface area contributed by atoms with Gasteiger partial charge in [-0.3, -0.25) is 4.90 Å². The zero-order chi connectivity index (χ0) is 13.2. The molecule has 0 spiro atoms. The second-order valence-corrected chi connectivity index (χ2v) is 4.99.